The molecule has 0 saturated carbocycles. The molecule has 94 valence electrons. The fraction of sp³-hybridized carbons (Fsp3) is 0.267. The summed E-state index contributed by atoms with van der Waals surface area (Å²) in [6.45, 7) is 2.62. The molecule has 3 nitrogen and oxygen atoms in total. The van der Waals surface area contributed by atoms with Crippen LogP contribution in [0.3, 0.4) is 0 Å². The molecule has 0 saturated heterocycles. The van der Waals surface area contributed by atoms with Gasteiger partial charge in [-0.15, -0.1) is 0 Å². The van der Waals surface area contributed by atoms with Crippen molar-refractivity contribution >= 4 is 0 Å². The molecule has 2 N–H and O–H groups in total. The first-order valence-electron chi connectivity index (χ1n) is 6.13. The zero-order valence-electron chi connectivity index (χ0n) is 10.5. The lowest BCUT2D eigenvalue weighted by atomic mass is 10.1. The number of nitrogens with zero attached hydrogens (tertiary/aromatic N) is 1. The molecule has 2 aromatic rings. The van der Waals surface area contributed by atoms with Gasteiger partial charge in [0.1, 0.15) is 0 Å². The Hall–Kier alpha value is -1.71. The quantitative estimate of drug-likeness (QED) is 0.846. The van der Waals surface area contributed by atoms with Crippen LogP contribution in [-0.4, -0.2) is 16.6 Å². The van der Waals surface area contributed by atoms with Crippen molar-refractivity contribution in [1.29, 1.82) is 0 Å². The summed E-state index contributed by atoms with van der Waals surface area (Å²) < 4.78 is 0. The molecule has 0 radical (unpaired) electrons. The second-order valence-corrected chi connectivity index (χ2v) is 4.34. The van der Waals surface area contributed by atoms with E-state index < -0.39 is 6.10 Å². The molecular weight excluding hydrogens is 224 g/mol. The van der Waals surface area contributed by atoms with Crippen molar-refractivity contribution in [2.24, 2.45) is 0 Å². The molecule has 0 spiro atoms. The van der Waals surface area contributed by atoms with Crippen molar-refractivity contribution in [2.75, 3.05) is 6.54 Å². The molecule has 2 unspecified atom stereocenters. The van der Waals surface area contributed by atoms with Gasteiger partial charge < -0.3 is 10.4 Å². The van der Waals surface area contributed by atoms with Crippen LogP contribution in [0.5, 0.6) is 0 Å². The van der Waals surface area contributed by atoms with Crippen LogP contribution in [0, 0.1) is 0 Å². The van der Waals surface area contributed by atoms with Crippen molar-refractivity contribution in [3.8, 4) is 0 Å². The average molecular weight is 242 g/mol. The van der Waals surface area contributed by atoms with E-state index in [1.54, 1.807) is 12.4 Å². The normalized spacial score (nSPS) is 14.1. The van der Waals surface area contributed by atoms with Crippen LogP contribution in [0.1, 0.15) is 30.2 Å². The molecule has 0 fully saturated rings. The summed E-state index contributed by atoms with van der Waals surface area (Å²) in [4.78, 5) is 3.94. The Morgan fingerprint density at radius 1 is 1.06 bits per heavy atom. The van der Waals surface area contributed by atoms with Gasteiger partial charge >= 0.3 is 0 Å². The fourth-order valence-electron chi connectivity index (χ4n) is 1.85. The van der Waals surface area contributed by atoms with Gasteiger partial charge in [0, 0.05) is 25.0 Å². The number of nitrogens with one attached hydrogen (secondary N) is 1. The topological polar surface area (TPSA) is 45.1 Å². The molecular formula is C15H18N2O. The van der Waals surface area contributed by atoms with E-state index in [9.17, 15) is 5.11 Å². The minimum Gasteiger partial charge on any atom is -0.387 e. The summed E-state index contributed by atoms with van der Waals surface area (Å²) in [5, 5.41) is 13.4. The van der Waals surface area contributed by atoms with E-state index in [0.29, 0.717) is 6.54 Å². The number of benzene rings is 1. The fourth-order valence-corrected chi connectivity index (χ4v) is 1.85. The summed E-state index contributed by atoms with van der Waals surface area (Å²) in [6, 6.07) is 14.1. The minimum absolute atomic E-state index is 0.225. The molecule has 0 bridgehead atoms. The molecule has 1 heterocycles. The SMILES string of the molecule is CC(NCC(O)c1ccncc1)c1ccccc1. The number of hydrogen-bond donors (Lipinski definition) is 2. The third-order valence-corrected chi connectivity index (χ3v) is 3.01. The van der Waals surface area contributed by atoms with Gasteiger partial charge in [0.25, 0.3) is 0 Å². The summed E-state index contributed by atoms with van der Waals surface area (Å²) >= 11 is 0. The lowest BCUT2D eigenvalue weighted by Crippen LogP contribution is -2.24. The first-order chi connectivity index (χ1) is 8.77. The predicted octanol–water partition coefficient (Wildman–Crippen LogP) is 2.47. The molecule has 3 heteroatoms. The maximum atomic E-state index is 10.0. The number of rotatable bonds is 5. The van der Waals surface area contributed by atoms with Crippen molar-refractivity contribution in [3.05, 3.63) is 66.0 Å². The Morgan fingerprint density at radius 2 is 1.72 bits per heavy atom. The smallest absolute Gasteiger partial charge is 0.0915 e. The molecule has 1 aromatic heterocycles. The third-order valence-electron chi connectivity index (χ3n) is 3.01. The Labute approximate surface area is 108 Å². The average Bonchev–Trinajstić information content (AvgIpc) is 2.46. The van der Waals surface area contributed by atoms with Gasteiger partial charge in [0.05, 0.1) is 6.10 Å². The van der Waals surface area contributed by atoms with E-state index in [1.165, 1.54) is 5.56 Å². The van der Waals surface area contributed by atoms with Gasteiger partial charge in [-0.2, -0.15) is 0 Å². The van der Waals surface area contributed by atoms with Crippen molar-refractivity contribution in [3.63, 3.8) is 0 Å². The van der Waals surface area contributed by atoms with Crippen LogP contribution in [0.2, 0.25) is 0 Å². The molecule has 0 aliphatic carbocycles. The van der Waals surface area contributed by atoms with E-state index in [4.69, 9.17) is 0 Å². The second-order valence-electron chi connectivity index (χ2n) is 4.34. The number of hydrogen-bond acceptors (Lipinski definition) is 3. The number of aliphatic hydroxyl groups excluding tert-OH is 1. The summed E-state index contributed by atoms with van der Waals surface area (Å²) in [5.74, 6) is 0. The van der Waals surface area contributed by atoms with Crippen LogP contribution < -0.4 is 5.32 Å². The van der Waals surface area contributed by atoms with Gasteiger partial charge in [0.15, 0.2) is 0 Å². The molecule has 0 aliphatic rings. The zero-order chi connectivity index (χ0) is 12.8. The van der Waals surface area contributed by atoms with Crippen molar-refractivity contribution < 1.29 is 5.11 Å². The van der Waals surface area contributed by atoms with E-state index in [1.807, 2.05) is 30.3 Å². The van der Waals surface area contributed by atoms with Crippen LogP contribution in [0.25, 0.3) is 0 Å². The van der Waals surface area contributed by atoms with Crippen LogP contribution in [0.4, 0.5) is 0 Å². The van der Waals surface area contributed by atoms with E-state index in [2.05, 4.69) is 29.4 Å². The minimum atomic E-state index is -0.501. The van der Waals surface area contributed by atoms with Crippen molar-refractivity contribution in [2.45, 2.75) is 19.1 Å². The maximum absolute atomic E-state index is 10.0. The Balaban J connectivity index is 1.89. The lowest BCUT2D eigenvalue weighted by molar-refractivity contribution is 0.170. The van der Waals surface area contributed by atoms with E-state index in [0.717, 1.165) is 5.56 Å². The molecule has 18 heavy (non-hydrogen) atoms. The summed E-state index contributed by atoms with van der Waals surface area (Å²) in [6.07, 6.45) is 2.89. The third kappa shape index (κ3) is 3.39. The highest BCUT2D eigenvalue weighted by molar-refractivity contribution is 5.18. The second kappa shape index (κ2) is 6.28. The Morgan fingerprint density at radius 3 is 2.39 bits per heavy atom. The summed E-state index contributed by atoms with van der Waals surface area (Å²) in [5.41, 5.74) is 2.11. The molecule has 2 rings (SSSR count). The van der Waals surface area contributed by atoms with Gasteiger partial charge in [-0.3, -0.25) is 4.98 Å². The van der Waals surface area contributed by atoms with Gasteiger partial charge in [-0.25, -0.2) is 0 Å². The molecule has 1 aromatic carbocycles. The highest BCUT2D eigenvalue weighted by atomic mass is 16.3. The monoisotopic (exact) mass is 242 g/mol. The van der Waals surface area contributed by atoms with Gasteiger partial charge in [-0.1, -0.05) is 30.3 Å². The Kier molecular flexibility index (Phi) is 4.45. The Bertz CT molecular complexity index is 413. The van der Waals surface area contributed by atoms with E-state index >= 15 is 0 Å². The highest BCUT2D eigenvalue weighted by Gasteiger charge is 2.09. The number of pyridine rings is 1. The van der Waals surface area contributed by atoms with Gasteiger partial charge in [0.2, 0.25) is 0 Å². The first-order valence-corrected chi connectivity index (χ1v) is 6.13. The first kappa shape index (κ1) is 12.7. The van der Waals surface area contributed by atoms with Crippen LogP contribution in [0.15, 0.2) is 54.9 Å². The zero-order valence-corrected chi connectivity index (χ0v) is 10.5. The molecule has 2 atom stereocenters. The van der Waals surface area contributed by atoms with Crippen LogP contribution >= 0.6 is 0 Å². The lowest BCUT2D eigenvalue weighted by Gasteiger charge is -2.17. The predicted molar refractivity (Wildman–Crippen MR) is 72.1 cm³/mol. The number of aliphatic hydroxyl groups is 1. The number of aromatic nitrogens is 1. The van der Waals surface area contributed by atoms with Crippen molar-refractivity contribution in [1.82, 2.24) is 10.3 Å². The standard InChI is InChI=1S/C15H18N2O/c1-12(13-5-3-2-4-6-13)17-11-15(18)14-7-9-16-10-8-14/h2-10,12,15,17-18H,11H2,1H3. The highest BCUT2D eigenvalue weighted by Crippen LogP contribution is 2.14. The molecule has 0 amide bonds. The maximum Gasteiger partial charge on any atom is 0.0915 e. The van der Waals surface area contributed by atoms with Crippen LogP contribution in [-0.2, 0) is 0 Å². The molecule has 0 aliphatic heterocycles. The largest absolute Gasteiger partial charge is 0.387 e. The van der Waals surface area contributed by atoms with E-state index in [-0.39, 0.29) is 6.04 Å². The summed E-state index contributed by atoms with van der Waals surface area (Å²) in [7, 11) is 0. The van der Waals surface area contributed by atoms with Gasteiger partial charge in [-0.05, 0) is 30.2 Å².